The first-order valence-corrected chi connectivity index (χ1v) is 8.14. The molecule has 0 aromatic rings. The summed E-state index contributed by atoms with van der Waals surface area (Å²) in [7, 11) is 0. The monoisotopic (exact) mass is 323 g/mol. The molecular weight excluding hydrogens is 294 g/mol. The SMILES string of the molecule is CC.CC.CC1(/C=C/C2=CC=CC(C)([N+](=O)[O-])C=C2)OCCO1. The Labute approximate surface area is 139 Å². The van der Waals surface area contributed by atoms with Crippen molar-refractivity contribution in [3.63, 3.8) is 0 Å². The summed E-state index contributed by atoms with van der Waals surface area (Å²) in [6, 6.07) is 0. The van der Waals surface area contributed by atoms with Gasteiger partial charge in [0.25, 0.3) is 5.54 Å². The van der Waals surface area contributed by atoms with E-state index >= 15 is 0 Å². The van der Waals surface area contributed by atoms with Crippen molar-refractivity contribution in [3.8, 4) is 0 Å². The van der Waals surface area contributed by atoms with E-state index in [1.807, 2.05) is 52.8 Å². The van der Waals surface area contributed by atoms with E-state index in [-0.39, 0.29) is 4.92 Å². The minimum atomic E-state index is -1.16. The molecule has 1 atom stereocenters. The van der Waals surface area contributed by atoms with Crippen molar-refractivity contribution in [2.75, 3.05) is 13.2 Å². The normalized spacial score (nSPS) is 24.9. The summed E-state index contributed by atoms with van der Waals surface area (Å²) >= 11 is 0. The Kier molecular flexibility index (Phi) is 9.37. The molecule has 0 spiro atoms. The Balaban J connectivity index is 0.00000112. The largest absolute Gasteiger partial charge is 0.344 e. The Morgan fingerprint density at radius 1 is 1.13 bits per heavy atom. The van der Waals surface area contributed by atoms with Gasteiger partial charge in [-0.15, -0.1) is 0 Å². The van der Waals surface area contributed by atoms with Crippen LogP contribution in [0.5, 0.6) is 0 Å². The fourth-order valence-corrected chi connectivity index (χ4v) is 1.84. The van der Waals surface area contributed by atoms with E-state index in [9.17, 15) is 10.1 Å². The molecule has 5 heteroatoms. The van der Waals surface area contributed by atoms with Crippen molar-refractivity contribution in [1.82, 2.24) is 0 Å². The van der Waals surface area contributed by atoms with Crippen molar-refractivity contribution in [2.24, 2.45) is 0 Å². The average Bonchev–Trinajstić information content (AvgIpc) is 2.90. The number of ether oxygens (including phenoxy) is 2. The maximum absolute atomic E-state index is 11.0. The predicted molar refractivity (Wildman–Crippen MR) is 93.9 cm³/mol. The van der Waals surface area contributed by atoms with Gasteiger partial charge in [-0.3, -0.25) is 10.1 Å². The molecule has 0 radical (unpaired) electrons. The van der Waals surface area contributed by atoms with Crippen LogP contribution in [0.1, 0.15) is 41.5 Å². The van der Waals surface area contributed by atoms with Crippen LogP contribution in [0, 0.1) is 10.1 Å². The van der Waals surface area contributed by atoms with Crippen molar-refractivity contribution in [3.05, 3.63) is 58.2 Å². The van der Waals surface area contributed by atoms with Gasteiger partial charge < -0.3 is 9.47 Å². The fourth-order valence-electron chi connectivity index (χ4n) is 1.84. The van der Waals surface area contributed by atoms with E-state index in [1.165, 1.54) is 0 Å². The zero-order valence-corrected chi connectivity index (χ0v) is 15.0. The van der Waals surface area contributed by atoms with E-state index in [0.29, 0.717) is 13.2 Å². The standard InChI is InChI=1S/C14H17NO4.2C2H6/c1-13(15(16)17)7-3-4-12(5-8-13)6-9-14(2)18-10-11-19-14;2*1-2/h3-9H,10-11H2,1-2H3;2*1-2H3/b9-6+;;. The first kappa shape index (κ1) is 21.3. The molecule has 0 aromatic heterocycles. The third kappa shape index (κ3) is 6.50. The summed E-state index contributed by atoms with van der Waals surface area (Å²) in [5, 5.41) is 11.0. The molecule has 1 fully saturated rings. The van der Waals surface area contributed by atoms with Crippen molar-refractivity contribution in [1.29, 1.82) is 0 Å². The fraction of sp³-hybridized carbons (Fsp3) is 0.556. The summed E-state index contributed by atoms with van der Waals surface area (Å²) in [4.78, 5) is 10.7. The van der Waals surface area contributed by atoms with Crippen LogP contribution in [0.15, 0.2) is 48.1 Å². The van der Waals surface area contributed by atoms with Crippen LogP contribution in [0.2, 0.25) is 0 Å². The molecule has 1 heterocycles. The molecular formula is C18H29NO4. The lowest BCUT2D eigenvalue weighted by molar-refractivity contribution is -0.535. The number of allylic oxidation sites excluding steroid dienone is 5. The van der Waals surface area contributed by atoms with E-state index in [1.54, 1.807) is 31.2 Å². The zero-order valence-electron chi connectivity index (χ0n) is 15.0. The number of rotatable bonds is 3. The second kappa shape index (κ2) is 10.1. The summed E-state index contributed by atoms with van der Waals surface area (Å²) in [6.07, 6.45) is 12.1. The molecule has 0 bridgehead atoms. The van der Waals surface area contributed by atoms with Crippen LogP contribution in [-0.4, -0.2) is 29.5 Å². The van der Waals surface area contributed by atoms with Gasteiger partial charge in [-0.25, -0.2) is 0 Å². The van der Waals surface area contributed by atoms with Crippen LogP contribution >= 0.6 is 0 Å². The van der Waals surface area contributed by atoms with Gasteiger partial charge in [-0.2, -0.15) is 0 Å². The molecule has 2 rings (SSSR count). The van der Waals surface area contributed by atoms with E-state index < -0.39 is 11.3 Å². The number of nitrogens with zero attached hydrogens (tertiary/aromatic N) is 1. The van der Waals surface area contributed by atoms with Gasteiger partial charge in [0.15, 0.2) is 5.79 Å². The average molecular weight is 323 g/mol. The third-order valence-corrected chi connectivity index (χ3v) is 3.17. The summed E-state index contributed by atoms with van der Waals surface area (Å²) in [5.74, 6) is -0.697. The molecule has 1 saturated heterocycles. The van der Waals surface area contributed by atoms with Crippen LogP contribution in [0.3, 0.4) is 0 Å². The Hall–Kier alpha value is -1.72. The number of hydrogen-bond donors (Lipinski definition) is 0. The smallest absolute Gasteiger partial charge is 0.256 e. The highest BCUT2D eigenvalue weighted by Crippen LogP contribution is 2.22. The molecule has 0 saturated carbocycles. The molecule has 5 nitrogen and oxygen atoms in total. The molecule has 1 aliphatic heterocycles. The van der Waals surface area contributed by atoms with Gasteiger partial charge in [0, 0.05) is 11.8 Å². The van der Waals surface area contributed by atoms with Crippen LogP contribution in [0.4, 0.5) is 0 Å². The third-order valence-electron chi connectivity index (χ3n) is 3.17. The topological polar surface area (TPSA) is 61.6 Å². The molecule has 1 aliphatic carbocycles. The molecule has 1 unspecified atom stereocenters. The van der Waals surface area contributed by atoms with E-state index in [4.69, 9.17) is 9.47 Å². The van der Waals surface area contributed by atoms with Crippen LogP contribution in [0.25, 0.3) is 0 Å². The zero-order chi connectivity index (χ0) is 17.9. The highest BCUT2D eigenvalue weighted by atomic mass is 16.7. The molecule has 130 valence electrons. The number of hydrogen-bond acceptors (Lipinski definition) is 4. The maximum atomic E-state index is 11.0. The van der Waals surface area contributed by atoms with Crippen LogP contribution in [-0.2, 0) is 9.47 Å². The molecule has 0 amide bonds. The first-order valence-electron chi connectivity index (χ1n) is 8.14. The predicted octanol–water partition coefficient (Wildman–Crippen LogP) is 4.45. The lowest BCUT2D eigenvalue weighted by Gasteiger charge is -2.17. The van der Waals surface area contributed by atoms with Gasteiger partial charge in [0.2, 0.25) is 0 Å². The van der Waals surface area contributed by atoms with Gasteiger partial charge in [0.1, 0.15) is 0 Å². The second-order valence-electron chi connectivity index (χ2n) is 4.89. The van der Waals surface area contributed by atoms with Crippen molar-refractivity contribution in [2.45, 2.75) is 52.9 Å². The number of nitro groups is 1. The van der Waals surface area contributed by atoms with Gasteiger partial charge in [-0.1, -0.05) is 52.0 Å². The molecule has 2 aliphatic rings. The molecule has 0 N–H and O–H groups in total. The summed E-state index contributed by atoms with van der Waals surface area (Å²) in [6.45, 7) is 12.6. The maximum Gasteiger partial charge on any atom is 0.256 e. The Morgan fingerprint density at radius 3 is 2.22 bits per heavy atom. The van der Waals surface area contributed by atoms with Gasteiger partial charge in [-0.05, 0) is 30.7 Å². The summed E-state index contributed by atoms with van der Waals surface area (Å²) in [5.41, 5.74) is -0.293. The highest BCUT2D eigenvalue weighted by Gasteiger charge is 2.31. The minimum Gasteiger partial charge on any atom is -0.344 e. The van der Waals surface area contributed by atoms with Gasteiger partial charge in [0.05, 0.1) is 13.2 Å². The van der Waals surface area contributed by atoms with Gasteiger partial charge >= 0.3 is 0 Å². The lowest BCUT2D eigenvalue weighted by Crippen LogP contribution is -2.29. The lowest BCUT2D eigenvalue weighted by atomic mass is 10.0. The van der Waals surface area contributed by atoms with Crippen molar-refractivity contribution < 1.29 is 14.4 Å². The van der Waals surface area contributed by atoms with E-state index in [0.717, 1.165) is 5.57 Å². The molecule has 0 aromatic carbocycles. The summed E-state index contributed by atoms with van der Waals surface area (Å²) < 4.78 is 10.9. The minimum absolute atomic E-state index is 0.314. The quantitative estimate of drug-likeness (QED) is 0.569. The van der Waals surface area contributed by atoms with Crippen LogP contribution < -0.4 is 0 Å². The van der Waals surface area contributed by atoms with E-state index in [2.05, 4.69) is 0 Å². The van der Waals surface area contributed by atoms with Crippen molar-refractivity contribution >= 4 is 0 Å². The first-order chi connectivity index (χ1) is 10.9. The Morgan fingerprint density at radius 2 is 1.70 bits per heavy atom. The Bertz CT molecular complexity index is 485. The highest BCUT2D eigenvalue weighted by molar-refractivity contribution is 5.39. The second-order valence-corrected chi connectivity index (χ2v) is 4.89. The molecule has 23 heavy (non-hydrogen) atoms.